The zero-order chi connectivity index (χ0) is 21.8. The molecule has 6 radical (unpaired) electrons. The van der Waals surface area contributed by atoms with Crippen LogP contribution in [0.5, 0.6) is 0 Å². The number of benzene rings is 1. The van der Waals surface area contributed by atoms with Gasteiger partial charge in [0, 0.05) is 5.56 Å². The van der Waals surface area contributed by atoms with Gasteiger partial charge in [0.25, 0.3) is 6.43 Å². The molecule has 4 rings (SSSR count). The molecule has 0 aliphatic rings. The highest BCUT2D eigenvalue weighted by Gasteiger charge is 2.23. The fourth-order valence-corrected chi connectivity index (χ4v) is 3.60. The summed E-state index contributed by atoms with van der Waals surface area (Å²) < 4.78 is 43.7. The van der Waals surface area contributed by atoms with E-state index < -0.39 is 23.9 Å². The second-order valence-corrected chi connectivity index (χ2v) is 7.22. The van der Waals surface area contributed by atoms with Crippen LogP contribution in [0.15, 0.2) is 24.4 Å². The highest BCUT2D eigenvalue weighted by atomic mass is 19.3. The molecule has 0 aliphatic carbocycles. The quantitative estimate of drug-likeness (QED) is 0.518. The van der Waals surface area contributed by atoms with Crippen molar-refractivity contribution in [2.75, 3.05) is 5.73 Å². The number of nitrogens with zero attached hydrogens (tertiary/aromatic N) is 5. The molecule has 0 atom stereocenters. The Balaban J connectivity index is 1.97. The highest BCUT2D eigenvalue weighted by molar-refractivity contribution is 6.59. The second-order valence-electron chi connectivity index (χ2n) is 7.22. The maximum atomic E-state index is 15.0. The minimum Gasteiger partial charge on any atom is -0.367 e. The summed E-state index contributed by atoms with van der Waals surface area (Å²) in [6.45, 7) is 1.11. The molecule has 4 aromatic rings. The highest BCUT2D eigenvalue weighted by Crippen LogP contribution is 2.34. The van der Waals surface area contributed by atoms with Gasteiger partial charge in [-0.25, -0.2) is 27.7 Å². The van der Waals surface area contributed by atoms with Gasteiger partial charge in [0.05, 0.1) is 58.5 Å². The van der Waals surface area contributed by atoms with E-state index in [2.05, 4.69) is 15.1 Å². The Kier molecular flexibility index (Phi) is 4.82. The summed E-state index contributed by atoms with van der Waals surface area (Å²) in [6, 6.07) is 4.87. The molecular weight excluding hydrogens is 390 g/mol. The molecule has 0 fully saturated rings. The van der Waals surface area contributed by atoms with Crippen LogP contribution < -0.4 is 5.73 Å². The van der Waals surface area contributed by atoms with Gasteiger partial charge in [-0.2, -0.15) is 0 Å². The van der Waals surface area contributed by atoms with Gasteiger partial charge >= 0.3 is 0 Å². The Hall–Kier alpha value is -2.91. The molecule has 1 aromatic carbocycles. The smallest absolute Gasteiger partial charge is 0.256 e. The van der Waals surface area contributed by atoms with Crippen molar-refractivity contribution in [3.8, 4) is 11.1 Å². The van der Waals surface area contributed by atoms with Crippen LogP contribution in [-0.2, 0) is 13.0 Å². The standard InChI is InChI=1S/C18H14B3F3N6/c1-8-26-11-3-2-9(4-13(11)29(8)7-14(23)24)15-10(22)6-30-16(15)12(5-18(19,20)21)27-17(25)28-30/h2-4,6,14H,5,7H2,1H3,(H2,25,28). The van der Waals surface area contributed by atoms with Crippen LogP contribution in [0.3, 0.4) is 0 Å². The van der Waals surface area contributed by atoms with E-state index in [1.165, 1.54) is 9.08 Å². The molecular formula is C18H14B3F3N6. The summed E-state index contributed by atoms with van der Waals surface area (Å²) in [4.78, 5) is 8.42. The molecule has 0 saturated heterocycles. The number of aryl methyl sites for hydroxylation is 1. The third kappa shape index (κ3) is 3.66. The molecule has 0 bridgehead atoms. The first kappa shape index (κ1) is 20.4. The fourth-order valence-electron chi connectivity index (χ4n) is 3.60. The van der Waals surface area contributed by atoms with Crippen LogP contribution in [0.2, 0.25) is 5.11 Å². The number of nitrogen functional groups attached to an aromatic ring is 1. The number of hydrogen-bond acceptors (Lipinski definition) is 4. The van der Waals surface area contributed by atoms with Crippen molar-refractivity contribution < 1.29 is 13.2 Å². The number of hydrogen-bond donors (Lipinski definition) is 1. The molecule has 146 valence electrons. The molecule has 12 heteroatoms. The molecule has 0 aliphatic heterocycles. The Morgan fingerprint density at radius 3 is 2.60 bits per heavy atom. The Bertz CT molecular complexity index is 1260. The van der Waals surface area contributed by atoms with Crippen molar-refractivity contribution in [2.24, 2.45) is 0 Å². The van der Waals surface area contributed by atoms with E-state index in [-0.39, 0.29) is 29.1 Å². The van der Waals surface area contributed by atoms with E-state index in [0.717, 1.165) is 6.20 Å². The summed E-state index contributed by atoms with van der Waals surface area (Å²) in [5.41, 5.74) is 7.79. The normalized spacial score (nSPS) is 12.4. The number of anilines is 1. The first-order valence-corrected chi connectivity index (χ1v) is 8.99. The van der Waals surface area contributed by atoms with E-state index in [9.17, 15) is 13.2 Å². The first-order valence-electron chi connectivity index (χ1n) is 8.99. The SMILES string of the molecule is [B]C([B])([B])Cc1nc(N)nn2cc(F)c(-c3ccc4nc(C)n(CC(F)F)c4c3)c12. The van der Waals surface area contributed by atoms with Crippen molar-refractivity contribution in [1.29, 1.82) is 0 Å². The van der Waals surface area contributed by atoms with Crippen LogP contribution in [-0.4, -0.2) is 54.1 Å². The van der Waals surface area contributed by atoms with E-state index in [1.54, 1.807) is 25.1 Å². The van der Waals surface area contributed by atoms with Gasteiger partial charge < -0.3 is 10.3 Å². The number of fused-ring (bicyclic) bond motifs is 2. The predicted molar refractivity (Wildman–Crippen MR) is 110 cm³/mol. The van der Waals surface area contributed by atoms with Crippen LogP contribution >= 0.6 is 0 Å². The zero-order valence-corrected chi connectivity index (χ0v) is 16.0. The van der Waals surface area contributed by atoms with Crippen LogP contribution in [0.1, 0.15) is 11.5 Å². The molecule has 3 heterocycles. The van der Waals surface area contributed by atoms with Crippen molar-refractivity contribution in [1.82, 2.24) is 24.1 Å². The maximum Gasteiger partial charge on any atom is 0.256 e. The lowest BCUT2D eigenvalue weighted by molar-refractivity contribution is 0.127. The molecule has 6 nitrogen and oxygen atoms in total. The third-order valence-corrected chi connectivity index (χ3v) is 4.70. The molecule has 30 heavy (non-hydrogen) atoms. The monoisotopic (exact) mass is 404 g/mol. The lowest BCUT2D eigenvalue weighted by atomic mass is 9.41. The third-order valence-electron chi connectivity index (χ3n) is 4.70. The molecule has 0 amide bonds. The summed E-state index contributed by atoms with van der Waals surface area (Å²) in [6.07, 6.45) is -1.53. The lowest BCUT2D eigenvalue weighted by Gasteiger charge is -2.19. The van der Waals surface area contributed by atoms with Gasteiger partial charge in [0.15, 0.2) is 5.82 Å². The van der Waals surface area contributed by atoms with E-state index >= 15 is 0 Å². The Morgan fingerprint density at radius 1 is 1.20 bits per heavy atom. The number of imidazole rings is 1. The van der Waals surface area contributed by atoms with Gasteiger partial charge in [-0.3, -0.25) is 0 Å². The molecule has 0 saturated carbocycles. The topological polar surface area (TPSA) is 74.0 Å². The molecule has 0 spiro atoms. The predicted octanol–water partition coefficient (Wildman–Crippen LogP) is 2.16. The van der Waals surface area contributed by atoms with E-state index in [0.29, 0.717) is 22.4 Å². The minimum absolute atomic E-state index is 0.107. The van der Waals surface area contributed by atoms with Crippen LogP contribution in [0.4, 0.5) is 19.1 Å². The second kappa shape index (κ2) is 7.10. The van der Waals surface area contributed by atoms with Crippen molar-refractivity contribution >= 4 is 46.0 Å². The van der Waals surface area contributed by atoms with Gasteiger partial charge in [0.1, 0.15) is 5.82 Å². The van der Waals surface area contributed by atoms with Gasteiger partial charge in [-0.1, -0.05) is 6.07 Å². The lowest BCUT2D eigenvalue weighted by Crippen LogP contribution is -2.18. The zero-order valence-electron chi connectivity index (χ0n) is 16.0. The van der Waals surface area contributed by atoms with Crippen LogP contribution in [0, 0.1) is 12.7 Å². The molecule has 2 N–H and O–H groups in total. The number of nitrogens with two attached hydrogens (primary N) is 1. The average Bonchev–Trinajstić information content (AvgIpc) is 3.09. The summed E-state index contributed by atoms with van der Waals surface area (Å²) in [5.74, 6) is -0.283. The number of rotatable bonds is 5. The van der Waals surface area contributed by atoms with Crippen LogP contribution in [0.25, 0.3) is 27.7 Å². The summed E-state index contributed by atoms with van der Waals surface area (Å²) in [7, 11) is 17.1. The largest absolute Gasteiger partial charge is 0.367 e. The van der Waals surface area contributed by atoms with Crippen molar-refractivity contribution in [2.45, 2.75) is 31.4 Å². The summed E-state index contributed by atoms with van der Waals surface area (Å²) >= 11 is 0. The maximum absolute atomic E-state index is 15.0. The van der Waals surface area contributed by atoms with Gasteiger partial charge in [-0.15, -0.1) is 10.2 Å². The fraction of sp³-hybridized carbons (Fsp3) is 0.278. The average molecular weight is 404 g/mol. The first-order chi connectivity index (χ1) is 14.0. The Labute approximate surface area is 173 Å². The minimum atomic E-state index is -2.56. The van der Waals surface area contributed by atoms with Crippen molar-refractivity contribution in [3.63, 3.8) is 0 Å². The summed E-state index contributed by atoms with van der Waals surface area (Å²) in [5, 5.41) is 2.39. The Morgan fingerprint density at radius 2 is 1.93 bits per heavy atom. The van der Waals surface area contributed by atoms with Gasteiger partial charge in [-0.05, 0) is 31.0 Å². The molecule has 0 unspecified atom stereocenters. The van der Waals surface area contributed by atoms with E-state index in [4.69, 9.17) is 29.3 Å². The molecule has 3 aromatic heterocycles. The van der Waals surface area contributed by atoms with E-state index in [1.807, 2.05) is 0 Å². The number of aromatic nitrogens is 5. The number of alkyl halides is 2. The number of halogens is 3. The van der Waals surface area contributed by atoms with Crippen molar-refractivity contribution in [3.05, 3.63) is 41.7 Å². The van der Waals surface area contributed by atoms with Gasteiger partial charge in [0.2, 0.25) is 5.95 Å².